The van der Waals surface area contributed by atoms with Crippen LogP contribution in [0.5, 0.6) is 23.0 Å². The molecule has 0 saturated carbocycles. The Morgan fingerprint density at radius 1 is 0.538 bits per heavy atom. The van der Waals surface area contributed by atoms with Crippen molar-refractivity contribution >= 4 is 14.5 Å². The van der Waals surface area contributed by atoms with Gasteiger partial charge >= 0.3 is 14.5 Å². The summed E-state index contributed by atoms with van der Waals surface area (Å²) in [6, 6.07) is 25.3. The Morgan fingerprint density at radius 3 is 1.35 bits per heavy atom. The maximum atomic E-state index is 6.00. The number of benzene rings is 3. The topological polar surface area (TPSA) is 40.2 Å². The minimum atomic E-state index is -0.632. The summed E-state index contributed by atoms with van der Waals surface area (Å²) in [6.07, 6.45) is 0. The first-order valence-electron chi connectivity index (χ1n) is 8.51. The van der Waals surface area contributed by atoms with E-state index in [1.165, 1.54) is 0 Å². The first kappa shape index (κ1) is 15.2. The number of para-hydroxylation sites is 4. The molecule has 3 aromatic carbocycles. The van der Waals surface area contributed by atoms with Gasteiger partial charge in [-0.3, -0.25) is 0 Å². The third kappa shape index (κ3) is 2.76. The molecule has 0 aromatic heterocycles. The fraction of sp³-hybridized carbons (Fsp3) is 0.0526. The second-order valence-corrected chi connectivity index (χ2v) is 6.14. The van der Waals surface area contributed by atoms with Gasteiger partial charge in [-0.15, -0.1) is 0 Å². The Bertz CT molecular complexity index is 819. The quantitative estimate of drug-likeness (QED) is 0.679. The lowest BCUT2D eigenvalue weighted by Crippen LogP contribution is -2.57. The van der Waals surface area contributed by atoms with Crippen LogP contribution < -0.4 is 18.6 Å². The van der Waals surface area contributed by atoms with E-state index in [2.05, 4.69) is 12.1 Å². The van der Waals surface area contributed by atoms with Crippen molar-refractivity contribution in [3.05, 3.63) is 84.4 Å². The maximum absolute atomic E-state index is 6.00. The highest BCUT2D eigenvalue weighted by Crippen LogP contribution is 2.37. The predicted octanol–water partition coefficient (Wildman–Crippen LogP) is 3.40. The Hall–Kier alpha value is -3.05. The first-order valence-corrected chi connectivity index (χ1v) is 8.51. The van der Waals surface area contributed by atoms with Gasteiger partial charge in [-0.2, -0.15) is 0 Å². The third-order valence-electron chi connectivity index (χ3n) is 4.36. The summed E-state index contributed by atoms with van der Waals surface area (Å²) in [4.78, 5) is 0. The van der Waals surface area contributed by atoms with E-state index >= 15 is 0 Å². The Morgan fingerprint density at radius 2 is 0.923 bits per heavy atom. The average molecular weight is 343 g/mol. The summed E-state index contributed by atoms with van der Waals surface area (Å²) in [5, 5.41) is 0. The van der Waals surface area contributed by atoms with E-state index < -0.39 is 14.5 Å². The van der Waals surface area contributed by atoms with Crippen LogP contribution in [0, 0.1) is 0 Å². The molecule has 0 unspecified atom stereocenters. The second kappa shape index (κ2) is 6.35. The Balaban J connectivity index is 1.43. The van der Waals surface area contributed by atoms with Gasteiger partial charge in [0.1, 0.15) is 23.0 Å². The Labute approximate surface area is 152 Å². The molecular weight excluding hydrogens is 328 g/mol. The van der Waals surface area contributed by atoms with E-state index in [9.17, 15) is 0 Å². The minimum absolute atomic E-state index is 0.554. The molecule has 2 aliphatic heterocycles. The minimum Gasteiger partial charge on any atom is -0.509 e. The molecule has 126 valence electrons. The van der Waals surface area contributed by atoms with Crippen LogP contribution in [-0.2, 0) is 6.54 Å². The van der Waals surface area contributed by atoms with Crippen molar-refractivity contribution < 1.29 is 18.6 Å². The molecule has 5 nitrogen and oxygen atoms in total. The van der Waals surface area contributed by atoms with Crippen molar-refractivity contribution in [1.82, 2.24) is 4.72 Å². The smallest absolute Gasteiger partial charge is 0.509 e. The van der Waals surface area contributed by atoms with Gasteiger partial charge in [-0.05, 0) is 29.8 Å². The van der Waals surface area contributed by atoms with Crippen LogP contribution in [-0.4, -0.2) is 19.2 Å². The van der Waals surface area contributed by atoms with E-state index in [0.29, 0.717) is 29.5 Å². The van der Waals surface area contributed by atoms with Gasteiger partial charge in [-0.25, -0.2) is 4.72 Å². The van der Waals surface area contributed by atoms with Crippen LogP contribution in [0.2, 0.25) is 0 Å². The molecule has 0 amide bonds. The van der Waals surface area contributed by atoms with Crippen LogP contribution in [0.3, 0.4) is 0 Å². The molecule has 0 atom stereocenters. The number of fused-ring (bicyclic) bond motifs is 2. The van der Waals surface area contributed by atoms with Gasteiger partial charge in [0.05, 0.1) is 0 Å². The monoisotopic (exact) mass is 343 g/mol. The highest BCUT2D eigenvalue weighted by atomic mass is 16.7. The standard InChI is InChI=1S/C19H15B2NO4/c1-2-8-15(9-3-1)14-22(20-23-16-10-4-5-11-17(16)24-20)21-25-18-12-6-7-13-19(18)26-21/h1-13H,14H2. The zero-order chi connectivity index (χ0) is 17.3. The van der Waals surface area contributed by atoms with Gasteiger partial charge in [0.2, 0.25) is 0 Å². The van der Waals surface area contributed by atoms with Crippen molar-refractivity contribution in [2.45, 2.75) is 6.54 Å². The lowest BCUT2D eigenvalue weighted by molar-refractivity contribution is 0.335. The molecular formula is C19H15B2NO4. The second-order valence-electron chi connectivity index (χ2n) is 6.14. The molecule has 7 heteroatoms. The van der Waals surface area contributed by atoms with Gasteiger partial charge < -0.3 is 18.6 Å². The molecule has 0 spiro atoms. The first-order chi connectivity index (χ1) is 12.9. The summed E-state index contributed by atoms with van der Waals surface area (Å²) < 4.78 is 25.9. The van der Waals surface area contributed by atoms with E-state index in [-0.39, 0.29) is 0 Å². The van der Waals surface area contributed by atoms with Gasteiger partial charge in [0, 0.05) is 6.54 Å². The number of nitrogens with zero attached hydrogens (tertiary/aromatic N) is 1. The summed E-state index contributed by atoms with van der Waals surface area (Å²) in [6.45, 7) is 0.554. The average Bonchev–Trinajstić information content (AvgIpc) is 3.30. The van der Waals surface area contributed by atoms with Crippen molar-refractivity contribution in [1.29, 1.82) is 0 Å². The lowest BCUT2D eigenvalue weighted by Gasteiger charge is -2.23. The number of hydrogen-bond acceptors (Lipinski definition) is 5. The van der Waals surface area contributed by atoms with Crippen LogP contribution in [0.25, 0.3) is 0 Å². The molecule has 0 saturated heterocycles. The summed E-state index contributed by atoms with van der Waals surface area (Å²) in [5.74, 6) is 2.86. The lowest BCUT2D eigenvalue weighted by atomic mass is 9.88. The molecule has 0 fully saturated rings. The molecule has 0 N–H and O–H groups in total. The summed E-state index contributed by atoms with van der Waals surface area (Å²) >= 11 is 0. The van der Waals surface area contributed by atoms with E-state index in [4.69, 9.17) is 18.6 Å². The normalized spacial score (nSPS) is 14.2. The van der Waals surface area contributed by atoms with Gasteiger partial charge in [-0.1, -0.05) is 54.6 Å². The highest BCUT2D eigenvalue weighted by Gasteiger charge is 2.52. The number of hydrogen-bond donors (Lipinski definition) is 0. The molecule has 5 rings (SSSR count). The summed E-state index contributed by atoms with van der Waals surface area (Å²) in [7, 11) is -1.26. The van der Waals surface area contributed by atoms with E-state index in [0.717, 1.165) is 5.56 Å². The predicted molar refractivity (Wildman–Crippen MR) is 98.9 cm³/mol. The van der Waals surface area contributed by atoms with Crippen LogP contribution >= 0.6 is 0 Å². The highest BCUT2D eigenvalue weighted by molar-refractivity contribution is 6.62. The molecule has 0 aliphatic carbocycles. The van der Waals surface area contributed by atoms with E-state index in [1.807, 2.05) is 71.5 Å². The maximum Gasteiger partial charge on any atom is 0.696 e. The van der Waals surface area contributed by atoms with Crippen molar-refractivity contribution in [2.24, 2.45) is 0 Å². The van der Waals surface area contributed by atoms with Crippen molar-refractivity contribution in [3.8, 4) is 23.0 Å². The third-order valence-corrected chi connectivity index (χ3v) is 4.36. The Kier molecular flexibility index (Phi) is 3.72. The number of rotatable bonds is 4. The van der Waals surface area contributed by atoms with E-state index in [1.54, 1.807) is 0 Å². The fourth-order valence-corrected chi connectivity index (χ4v) is 3.09. The molecule has 0 radical (unpaired) electrons. The van der Waals surface area contributed by atoms with Crippen LogP contribution in [0.15, 0.2) is 78.9 Å². The van der Waals surface area contributed by atoms with Gasteiger partial charge in [0.25, 0.3) is 0 Å². The van der Waals surface area contributed by atoms with Crippen molar-refractivity contribution in [3.63, 3.8) is 0 Å². The molecule has 26 heavy (non-hydrogen) atoms. The van der Waals surface area contributed by atoms with Crippen molar-refractivity contribution in [2.75, 3.05) is 0 Å². The SMILES string of the molecule is c1ccc(CN(B2Oc3ccccc3O2)B2Oc3ccccc3O2)cc1. The summed E-state index contributed by atoms with van der Waals surface area (Å²) in [5.41, 5.74) is 1.11. The fourth-order valence-electron chi connectivity index (χ4n) is 3.09. The zero-order valence-electron chi connectivity index (χ0n) is 13.9. The zero-order valence-corrected chi connectivity index (χ0v) is 13.9. The molecule has 2 aliphatic rings. The van der Waals surface area contributed by atoms with Gasteiger partial charge in [0.15, 0.2) is 0 Å². The largest absolute Gasteiger partial charge is 0.696 e. The molecule has 0 bridgehead atoms. The molecule has 3 aromatic rings. The van der Waals surface area contributed by atoms with Crippen LogP contribution in [0.4, 0.5) is 0 Å². The molecule has 2 heterocycles. The van der Waals surface area contributed by atoms with Crippen LogP contribution in [0.1, 0.15) is 5.56 Å².